The van der Waals surface area contributed by atoms with Crippen molar-refractivity contribution in [2.45, 2.75) is 20.3 Å². The number of allylic oxidation sites excluding steroid dienone is 3. The molecule has 0 amide bonds. The molecule has 0 radical (unpaired) electrons. The maximum Gasteiger partial charge on any atom is -0.0228 e. The van der Waals surface area contributed by atoms with Gasteiger partial charge in [-0.25, -0.2) is 0 Å². The Balaban J connectivity index is 3.31. The zero-order chi connectivity index (χ0) is 6.41. The molecule has 8 heavy (non-hydrogen) atoms. The highest BCUT2D eigenvalue weighted by Crippen LogP contribution is 2.02. The molecule has 0 aliphatic carbocycles. The lowest BCUT2D eigenvalue weighted by Crippen LogP contribution is -1.83. The summed E-state index contributed by atoms with van der Waals surface area (Å²) in [7, 11) is 0. The zero-order valence-electron chi connectivity index (χ0n) is 5.72. The molecule has 0 saturated carbocycles. The quantitative estimate of drug-likeness (QED) is 0.490. The van der Waals surface area contributed by atoms with E-state index in [1.165, 1.54) is 0 Å². The van der Waals surface area contributed by atoms with Gasteiger partial charge in [-0.05, 0) is 19.3 Å². The summed E-state index contributed by atoms with van der Waals surface area (Å²) >= 11 is 0. The standard InChI is InChI=1S/C8H14/c1-4-6-8(3)7-5-2/h4-5,7-8H,1,6H2,2-3H3/b7-5-/t8-/m0/s1. The predicted octanol–water partition coefficient (Wildman–Crippen LogP) is 2.77. The summed E-state index contributed by atoms with van der Waals surface area (Å²) in [5.74, 6) is 0.664. The van der Waals surface area contributed by atoms with E-state index in [0.29, 0.717) is 5.92 Å². The molecule has 0 aliphatic rings. The fourth-order valence-electron chi connectivity index (χ4n) is 0.670. The Morgan fingerprint density at radius 1 is 1.62 bits per heavy atom. The van der Waals surface area contributed by atoms with E-state index in [2.05, 4.69) is 25.7 Å². The van der Waals surface area contributed by atoms with Gasteiger partial charge < -0.3 is 0 Å². The van der Waals surface area contributed by atoms with E-state index in [1.807, 2.05) is 13.0 Å². The van der Waals surface area contributed by atoms with Gasteiger partial charge in [0.2, 0.25) is 0 Å². The summed E-state index contributed by atoms with van der Waals surface area (Å²) < 4.78 is 0. The Kier molecular flexibility index (Phi) is 4.33. The molecule has 1 atom stereocenters. The van der Waals surface area contributed by atoms with Crippen LogP contribution in [0.3, 0.4) is 0 Å². The molecule has 0 aromatic heterocycles. The maximum atomic E-state index is 3.65. The Bertz CT molecular complexity index is 80.0. The highest BCUT2D eigenvalue weighted by molar-refractivity contribution is 4.86. The third-order valence-corrected chi connectivity index (χ3v) is 1.06. The molecule has 0 aromatic rings. The van der Waals surface area contributed by atoms with Crippen LogP contribution in [0.4, 0.5) is 0 Å². The lowest BCUT2D eigenvalue weighted by atomic mass is 10.1. The van der Waals surface area contributed by atoms with Crippen molar-refractivity contribution in [2.75, 3.05) is 0 Å². The number of rotatable bonds is 3. The Morgan fingerprint density at radius 2 is 2.25 bits per heavy atom. The Labute approximate surface area is 51.9 Å². The monoisotopic (exact) mass is 110 g/mol. The van der Waals surface area contributed by atoms with Gasteiger partial charge in [-0.15, -0.1) is 6.58 Å². The van der Waals surface area contributed by atoms with Gasteiger partial charge in [0.1, 0.15) is 0 Å². The van der Waals surface area contributed by atoms with Crippen molar-refractivity contribution >= 4 is 0 Å². The van der Waals surface area contributed by atoms with Crippen molar-refractivity contribution in [1.29, 1.82) is 0 Å². The van der Waals surface area contributed by atoms with Gasteiger partial charge in [-0.2, -0.15) is 0 Å². The molecule has 0 rings (SSSR count). The van der Waals surface area contributed by atoms with Crippen LogP contribution in [-0.4, -0.2) is 0 Å². The second-order valence-corrected chi connectivity index (χ2v) is 2.03. The fraction of sp³-hybridized carbons (Fsp3) is 0.500. The van der Waals surface area contributed by atoms with Crippen LogP contribution in [0.25, 0.3) is 0 Å². The van der Waals surface area contributed by atoms with Crippen LogP contribution in [0.15, 0.2) is 24.8 Å². The van der Waals surface area contributed by atoms with Gasteiger partial charge in [0.25, 0.3) is 0 Å². The molecular formula is C8H14. The SMILES string of the molecule is C=CC[C@H](C)/C=C\C. The minimum Gasteiger partial charge on any atom is -0.103 e. The molecule has 0 nitrogen and oxygen atoms in total. The lowest BCUT2D eigenvalue weighted by molar-refractivity contribution is 0.744. The van der Waals surface area contributed by atoms with E-state index in [-0.39, 0.29) is 0 Å². The molecule has 0 heterocycles. The predicted molar refractivity (Wildman–Crippen MR) is 38.8 cm³/mol. The van der Waals surface area contributed by atoms with Crippen molar-refractivity contribution in [2.24, 2.45) is 5.92 Å². The molecule has 0 aromatic carbocycles. The molecule has 0 heteroatoms. The summed E-state index contributed by atoms with van der Waals surface area (Å²) in [4.78, 5) is 0. The van der Waals surface area contributed by atoms with Crippen molar-refractivity contribution in [3.63, 3.8) is 0 Å². The highest BCUT2D eigenvalue weighted by Gasteiger charge is 1.88. The van der Waals surface area contributed by atoms with Gasteiger partial charge in [-0.3, -0.25) is 0 Å². The molecule has 0 aliphatic heterocycles. The summed E-state index contributed by atoms with van der Waals surface area (Å²) in [5, 5.41) is 0. The molecule has 0 unspecified atom stereocenters. The average Bonchev–Trinajstić information content (AvgIpc) is 1.68. The zero-order valence-corrected chi connectivity index (χ0v) is 5.72. The van der Waals surface area contributed by atoms with E-state index < -0.39 is 0 Å². The third kappa shape index (κ3) is 3.66. The second kappa shape index (κ2) is 4.63. The van der Waals surface area contributed by atoms with Crippen LogP contribution in [0.5, 0.6) is 0 Å². The van der Waals surface area contributed by atoms with Crippen molar-refractivity contribution in [1.82, 2.24) is 0 Å². The second-order valence-electron chi connectivity index (χ2n) is 2.03. The summed E-state index contributed by atoms with van der Waals surface area (Å²) in [5.41, 5.74) is 0. The van der Waals surface area contributed by atoms with Crippen LogP contribution in [-0.2, 0) is 0 Å². The first-order chi connectivity index (χ1) is 3.81. The summed E-state index contributed by atoms with van der Waals surface area (Å²) in [6.07, 6.45) is 7.30. The van der Waals surface area contributed by atoms with E-state index in [0.717, 1.165) is 6.42 Å². The van der Waals surface area contributed by atoms with E-state index >= 15 is 0 Å². The molecule has 46 valence electrons. The normalized spacial score (nSPS) is 14.2. The number of hydrogen-bond acceptors (Lipinski definition) is 0. The van der Waals surface area contributed by atoms with Crippen LogP contribution >= 0.6 is 0 Å². The van der Waals surface area contributed by atoms with E-state index in [4.69, 9.17) is 0 Å². The number of hydrogen-bond donors (Lipinski definition) is 0. The van der Waals surface area contributed by atoms with E-state index in [1.54, 1.807) is 0 Å². The average molecular weight is 110 g/mol. The molecular weight excluding hydrogens is 96.1 g/mol. The van der Waals surface area contributed by atoms with E-state index in [9.17, 15) is 0 Å². The van der Waals surface area contributed by atoms with Crippen LogP contribution in [0, 0.1) is 5.92 Å². The minimum absolute atomic E-state index is 0.664. The molecule has 0 bridgehead atoms. The fourth-order valence-corrected chi connectivity index (χ4v) is 0.670. The first-order valence-electron chi connectivity index (χ1n) is 3.05. The first kappa shape index (κ1) is 7.48. The summed E-state index contributed by atoms with van der Waals surface area (Å²) in [6, 6.07) is 0. The Morgan fingerprint density at radius 3 is 2.62 bits per heavy atom. The summed E-state index contributed by atoms with van der Waals surface area (Å²) in [6.45, 7) is 7.87. The van der Waals surface area contributed by atoms with Gasteiger partial charge in [0.15, 0.2) is 0 Å². The van der Waals surface area contributed by atoms with Gasteiger partial charge >= 0.3 is 0 Å². The molecule has 0 N–H and O–H groups in total. The highest BCUT2D eigenvalue weighted by atomic mass is 13.9. The smallest absolute Gasteiger partial charge is 0.0228 e. The third-order valence-electron chi connectivity index (χ3n) is 1.06. The maximum absolute atomic E-state index is 3.65. The van der Waals surface area contributed by atoms with Crippen molar-refractivity contribution in [3.8, 4) is 0 Å². The Hall–Kier alpha value is -0.520. The minimum atomic E-state index is 0.664. The van der Waals surface area contributed by atoms with Crippen molar-refractivity contribution < 1.29 is 0 Å². The van der Waals surface area contributed by atoms with Gasteiger partial charge in [0, 0.05) is 0 Å². The topological polar surface area (TPSA) is 0 Å². The van der Waals surface area contributed by atoms with Crippen LogP contribution in [0.1, 0.15) is 20.3 Å². The largest absolute Gasteiger partial charge is 0.103 e. The molecule has 0 spiro atoms. The first-order valence-corrected chi connectivity index (χ1v) is 3.05. The van der Waals surface area contributed by atoms with Crippen LogP contribution < -0.4 is 0 Å². The van der Waals surface area contributed by atoms with Crippen LogP contribution in [0.2, 0.25) is 0 Å². The molecule has 0 saturated heterocycles. The van der Waals surface area contributed by atoms with Gasteiger partial charge in [0.05, 0.1) is 0 Å². The lowest BCUT2D eigenvalue weighted by Gasteiger charge is -1.97. The van der Waals surface area contributed by atoms with Crippen molar-refractivity contribution in [3.05, 3.63) is 24.8 Å². The van der Waals surface area contributed by atoms with Gasteiger partial charge in [-0.1, -0.05) is 25.2 Å². The molecule has 0 fully saturated rings.